The minimum absolute atomic E-state index is 0.0308. The van der Waals surface area contributed by atoms with Crippen molar-refractivity contribution in [1.82, 2.24) is 9.80 Å². The maximum absolute atomic E-state index is 13.2. The lowest BCUT2D eigenvalue weighted by molar-refractivity contribution is -0.135. The van der Waals surface area contributed by atoms with E-state index in [9.17, 15) is 14.4 Å². The van der Waals surface area contributed by atoms with Crippen LogP contribution in [0, 0.1) is 5.92 Å². The highest BCUT2D eigenvalue weighted by Crippen LogP contribution is 2.27. The Hall–Kier alpha value is -2.61. The van der Waals surface area contributed by atoms with Crippen LogP contribution in [-0.4, -0.2) is 73.5 Å². The fraction of sp³-hybridized carbons (Fsp3) is 0.625. The number of carbonyl (C=O) groups excluding carboxylic acids is 3. The number of carbonyl (C=O) groups is 3. The van der Waals surface area contributed by atoms with E-state index in [1.54, 1.807) is 37.3 Å². The van der Waals surface area contributed by atoms with E-state index in [1.165, 1.54) is 0 Å². The zero-order valence-electron chi connectivity index (χ0n) is 20.1. The van der Waals surface area contributed by atoms with Crippen LogP contribution in [0.15, 0.2) is 18.2 Å². The van der Waals surface area contributed by atoms with Crippen molar-refractivity contribution in [1.29, 1.82) is 0 Å². The van der Waals surface area contributed by atoms with Gasteiger partial charge in [0.05, 0.1) is 17.7 Å². The van der Waals surface area contributed by atoms with E-state index in [0.717, 1.165) is 6.42 Å². The predicted octanol–water partition coefficient (Wildman–Crippen LogP) is 3.17. The van der Waals surface area contributed by atoms with Crippen molar-refractivity contribution < 1.29 is 23.9 Å². The Balaban J connectivity index is 2.42. The van der Waals surface area contributed by atoms with Gasteiger partial charge in [-0.3, -0.25) is 14.4 Å². The lowest BCUT2D eigenvalue weighted by Gasteiger charge is -2.36. The van der Waals surface area contributed by atoms with Crippen LogP contribution >= 0.6 is 0 Å². The second-order valence-electron chi connectivity index (χ2n) is 8.51. The summed E-state index contributed by atoms with van der Waals surface area (Å²) >= 11 is 0. The molecule has 178 valence electrons. The number of hydrogen-bond acceptors (Lipinski definition) is 5. The van der Waals surface area contributed by atoms with E-state index >= 15 is 0 Å². The Morgan fingerprint density at radius 1 is 1.22 bits per heavy atom. The van der Waals surface area contributed by atoms with Crippen LogP contribution in [-0.2, 0) is 14.3 Å². The van der Waals surface area contributed by atoms with Gasteiger partial charge in [-0.05, 0) is 25.5 Å². The highest BCUT2D eigenvalue weighted by Gasteiger charge is 2.29. The molecule has 0 saturated heterocycles. The summed E-state index contributed by atoms with van der Waals surface area (Å²) in [5.74, 6) is 0.187. The van der Waals surface area contributed by atoms with Crippen LogP contribution in [0.5, 0.6) is 5.75 Å². The first kappa shape index (κ1) is 25.6. The molecule has 3 atom stereocenters. The van der Waals surface area contributed by atoms with Crippen molar-refractivity contribution in [2.24, 2.45) is 5.92 Å². The number of ether oxygens (including phenoxy) is 2. The number of anilines is 1. The number of rotatable bonds is 5. The second-order valence-corrected chi connectivity index (χ2v) is 8.51. The van der Waals surface area contributed by atoms with Crippen molar-refractivity contribution in [2.45, 2.75) is 59.1 Å². The average Bonchev–Trinajstić information content (AvgIpc) is 2.77. The van der Waals surface area contributed by atoms with Gasteiger partial charge in [0.2, 0.25) is 11.8 Å². The molecule has 0 saturated carbocycles. The molecule has 2 rings (SSSR count). The maximum Gasteiger partial charge on any atom is 0.257 e. The molecule has 1 heterocycles. The highest BCUT2D eigenvalue weighted by atomic mass is 16.5. The number of methoxy groups -OCH3 is 1. The summed E-state index contributed by atoms with van der Waals surface area (Å²) < 4.78 is 11.7. The second kappa shape index (κ2) is 11.9. The Bertz CT molecular complexity index is 813. The van der Waals surface area contributed by atoms with Gasteiger partial charge < -0.3 is 24.6 Å². The zero-order chi connectivity index (χ0) is 23.8. The predicted molar refractivity (Wildman–Crippen MR) is 124 cm³/mol. The van der Waals surface area contributed by atoms with Crippen LogP contribution < -0.4 is 10.1 Å². The maximum atomic E-state index is 13.2. The summed E-state index contributed by atoms with van der Waals surface area (Å²) in [5, 5.41) is 2.85. The summed E-state index contributed by atoms with van der Waals surface area (Å²) in [5.41, 5.74) is 0.979. The smallest absolute Gasteiger partial charge is 0.257 e. The molecule has 1 aliphatic heterocycles. The molecule has 3 amide bonds. The summed E-state index contributed by atoms with van der Waals surface area (Å²) in [6.07, 6.45) is 1.34. The SMILES string of the molecule is CCCC(=O)Nc1ccc2c(c1)OC[C@H](C)N(C(=O)CC)C[C@H](C)[C@H](OC)CN(C)C2=O. The molecular formula is C24H37N3O5. The van der Waals surface area contributed by atoms with Crippen LogP contribution in [0.4, 0.5) is 5.69 Å². The Morgan fingerprint density at radius 2 is 1.94 bits per heavy atom. The van der Waals surface area contributed by atoms with Gasteiger partial charge in [0.1, 0.15) is 12.4 Å². The van der Waals surface area contributed by atoms with Gasteiger partial charge in [-0.1, -0.05) is 20.8 Å². The molecule has 1 aliphatic rings. The van der Waals surface area contributed by atoms with E-state index < -0.39 is 0 Å². The highest BCUT2D eigenvalue weighted by molar-refractivity contribution is 5.98. The molecule has 0 fully saturated rings. The Morgan fingerprint density at radius 3 is 2.56 bits per heavy atom. The van der Waals surface area contributed by atoms with Gasteiger partial charge in [-0.15, -0.1) is 0 Å². The van der Waals surface area contributed by atoms with E-state index in [0.29, 0.717) is 42.9 Å². The largest absolute Gasteiger partial charge is 0.491 e. The molecule has 8 nitrogen and oxygen atoms in total. The molecule has 0 aromatic heterocycles. The molecule has 0 unspecified atom stereocenters. The number of nitrogens with one attached hydrogen (secondary N) is 1. The van der Waals surface area contributed by atoms with E-state index in [1.807, 2.05) is 32.6 Å². The third kappa shape index (κ3) is 6.45. The first-order valence-corrected chi connectivity index (χ1v) is 11.4. The lowest BCUT2D eigenvalue weighted by Crippen LogP contribution is -2.48. The van der Waals surface area contributed by atoms with Crippen molar-refractivity contribution in [3.63, 3.8) is 0 Å². The molecule has 0 aliphatic carbocycles. The normalized spacial score (nSPS) is 22.3. The first-order valence-electron chi connectivity index (χ1n) is 11.4. The van der Waals surface area contributed by atoms with Gasteiger partial charge in [0.25, 0.3) is 5.91 Å². The summed E-state index contributed by atoms with van der Waals surface area (Å²) in [4.78, 5) is 41.3. The van der Waals surface area contributed by atoms with Crippen molar-refractivity contribution in [2.75, 3.05) is 39.2 Å². The van der Waals surface area contributed by atoms with Gasteiger partial charge in [-0.2, -0.15) is 0 Å². The fourth-order valence-electron chi connectivity index (χ4n) is 3.85. The third-order valence-electron chi connectivity index (χ3n) is 5.83. The molecule has 8 heteroatoms. The quantitative estimate of drug-likeness (QED) is 0.749. The van der Waals surface area contributed by atoms with Crippen molar-refractivity contribution in [3.05, 3.63) is 23.8 Å². The number of nitrogens with zero attached hydrogens (tertiary/aromatic N) is 2. The van der Waals surface area contributed by atoms with Crippen LogP contribution in [0.1, 0.15) is 57.3 Å². The van der Waals surface area contributed by atoms with Gasteiger partial charge in [-0.25, -0.2) is 0 Å². The monoisotopic (exact) mass is 447 g/mol. The number of hydrogen-bond donors (Lipinski definition) is 1. The lowest BCUT2D eigenvalue weighted by atomic mass is 10.0. The zero-order valence-corrected chi connectivity index (χ0v) is 20.1. The number of benzene rings is 1. The van der Waals surface area contributed by atoms with Gasteiger partial charge in [0, 0.05) is 57.8 Å². The van der Waals surface area contributed by atoms with Gasteiger partial charge in [0.15, 0.2) is 0 Å². The van der Waals surface area contributed by atoms with E-state index in [2.05, 4.69) is 5.32 Å². The number of fused-ring (bicyclic) bond motifs is 1. The summed E-state index contributed by atoms with van der Waals surface area (Å²) in [7, 11) is 3.36. The summed E-state index contributed by atoms with van der Waals surface area (Å²) in [6.45, 7) is 8.87. The van der Waals surface area contributed by atoms with Crippen LogP contribution in [0.25, 0.3) is 0 Å². The molecule has 0 bridgehead atoms. The van der Waals surface area contributed by atoms with E-state index in [-0.39, 0.29) is 42.4 Å². The van der Waals surface area contributed by atoms with E-state index in [4.69, 9.17) is 9.47 Å². The fourth-order valence-corrected chi connectivity index (χ4v) is 3.85. The third-order valence-corrected chi connectivity index (χ3v) is 5.83. The van der Waals surface area contributed by atoms with Crippen LogP contribution in [0.2, 0.25) is 0 Å². The standard InChI is InChI=1S/C24H37N3O5/c1-7-9-22(28)25-18-10-11-19-20(12-18)32-15-17(4)27(23(29)8-2)13-16(3)21(31-6)14-26(5)24(19)30/h10-12,16-17,21H,7-9,13-15H2,1-6H3,(H,25,28)/t16-,17-,21+/m0/s1. The minimum Gasteiger partial charge on any atom is -0.491 e. The molecule has 32 heavy (non-hydrogen) atoms. The Labute approximate surface area is 191 Å². The molecule has 1 N–H and O–H groups in total. The minimum atomic E-state index is -0.222. The first-order chi connectivity index (χ1) is 15.2. The number of likely N-dealkylation sites (N-methyl/N-ethyl adjacent to an activating group) is 1. The molecule has 0 radical (unpaired) electrons. The molecular weight excluding hydrogens is 410 g/mol. The average molecular weight is 448 g/mol. The van der Waals surface area contributed by atoms with Crippen molar-refractivity contribution in [3.8, 4) is 5.75 Å². The molecule has 1 aromatic carbocycles. The van der Waals surface area contributed by atoms with Gasteiger partial charge >= 0.3 is 0 Å². The molecule has 1 aromatic rings. The number of amides is 3. The topological polar surface area (TPSA) is 88.2 Å². The van der Waals surface area contributed by atoms with Crippen molar-refractivity contribution >= 4 is 23.4 Å². The molecule has 0 spiro atoms. The Kier molecular flexibility index (Phi) is 9.50. The summed E-state index contributed by atoms with van der Waals surface area (Å²) in [6, 6.07) is 4.86. The van der Waals surface area contributed by atoms with Crippen LogP contribution in [0.3, 0.4) is 0 Å².